The van der Waals surface area contributed by atoms with Crippen LogP contribution >= 0.6 is 0 Å². The molecule has 0 aliphatic rings. The third-order valence-corrected chi connectivity index (χ3v) is 3.50. The number of benzene rings is 2. The summed E-state index contributed by atoms with van der Waals surface area (Å²) in [6.45, 7) is 0. The van der Waals surface area contributed by atoms with Gasteiger partial charge in [0, 0.05) is 30.6 Å². The molecule has 0 saturated heterocycles. The second-order valence-corrected chi connectivity index (χ2v) is 5.33. The molecule has 0 unspecified atom stereocenters. The van der Waals surface area contributed by atoms with Crippen LogP contribution in [0.5, 0.6) is 0 Å². The molecule has 2 aromatic rings. The van der Waals surface area contributed by atoms with E-state index in [-0.39, 0.29) is 4.90 Å². The Bertz CT molecular complexity index is 663. The SMILES string of the molecule is CN(C)c1cccc2c(S(=O)(=O)[O-])cccc12. The first-order valence-electron chi connectivity index (χ1n) is 5.06. The van der Waals surface area contributed by atoms with Gasteiger partial charge in [0.1, 0.15) is 10.1 Å². The fourth-order valence-corrected chi connectivity index (χ4v) is 2.57. The summed E-state index contributed by atoms with van der Waals surface area (Å²) in [5.74, 6) is 0. The van der Waals surface area contributed by atoms with Crippen LogP contribution in [0.15, 0.2) is 41.3 Å². The first-order chi connectivity index (χ1) is 7.91. The first kappa shape index (κ1) is 11.9. The molecule has 0 N–H and O–H groups in total. The lowest BCUT2D eigenvalue weighted by Gasteiger charge is -2.17. The van der Waals surface area contributed by atoms with Gasteiger partial charge in [-0.1, -0.05) is 24.3 Å². The van der Waals surface area contributed by atoms with Crippen molar-refractivity contribution < 1.29 is 13.0 Å². The Balaban J connectivity index is 2.89. The van der Waals surface area contributed by atoms with Gasteiger partial charge in [-0.3, -0.25) is 0 Å². The molecule has 0 aromatic heterocycles. The van der Waals surface area contributed by atoms with E-state index in [1.54, 1.807) is 24.3 Å². The molecule has 0 fully saturated rings. The second kappa shape index (κ2) is 4.01. The molecule has 90 valence electrons. The molecule has 0 spiro atoms. The van der Waals surface area contributed by atoms with Crippen molar-refractivity contribution in [2.24, 2.45) is 0 Å². The first-order valence-corrected chi connectivity index (χ1v) is 6.47. The van der Waals surface area contributed by atoms with E-state index in [1.165, 1.54) is 6.07 Å². The van der Waals surface area contributed by atoms with Crippen molar-refractivity contribution in [2.75, 3.05) is 19.0 Å². The summed E-state index contributed by atoms with van der Waals surface area (Å²) in [6, 6.07) is 9.99. The van der Waals surface area contributed by atoms with Crippen LogP contribution in [0.2, 0.25) is 0 Å². The highest BCUT2D eigenvalue weighted by Crippen LogP contribution is 2.29. The van der Waals surface area contributed by atoms with Crippen molar-refractivity contribution in [3.05, 3.63) is 36.4 Å². The highest BCUT2D eigenvalue weighted by molar-refractivity contribution is 7.86. The van der Waals surface area contributed by atoms with Gasteiger partial charge >= 0.3 is 0 Å². The Kier molecular flexibility index (Phi) is 2.81. The number of nitrogens with zero attached hydrogens (tertiary/aromatic N) is 1. The number of anilines is 1. The topological polar surface area (TPSA) is 60.4 Å². The van der Waals surface area contributed by atoms with Crippen LogP contribution in [-0.2, 0) is 10.1 Å². The van der Waals surface area contributed by atoms with Gasteiger partial charge in [-0.15, -0.1) is 0 Å². The molecular formula is C12H12NO3S-. The van der Waals surface area contributed by atoms with Gasteiger partial charge in [-0.2, -0.15) is 0 Å². The van der Waals surface area contributed by atoms with Crippen LogP contribution in [0.25, 0.3) is 10.8 Å². The van der Waals surface area contributed by atoms with Crippen molar-refractivity contribution in [1.82, 2.24) is 0 Å². The summed E-state index contributed by atoms with van der Waals surface area (Å²) in [5.41, 5.74) is 0.882. The van der Waals surface area contributed by atoms with Crippen molar-refractivity contribution in [2.45, 2.75) is 4.90 Å². The standard InChI is InChI=1S/C12H13NO3S/c1-13(2)11-7-3-6-10-9(11)5-4-8-12(10)17(14,15)16/h3-8H,1-2H3,(H,14,15,16)/p-1. The summed E-state index contributed by atoms with van der Waals surface area (Å²) in [5, 5.41) is 1.23. The zero-order chi connectivity index (χ0) is 12.6. The Morgan fingerprint density at radius 1 is 1.00 bits per heavy atom. The van der Waals surface area contributed by atoms with E-state index < -0.39 is 10.1 Å². The minimum Gasteiger partial charge on any atom is -0.744 e. The van der Waals surface area contributed by atoms with E-state index in [0.29, 0.717) is 5.39 Å². The van der Waals surface area contributed by atoms with E-state index in [4.69, 9.17) is 0 Å². The lowest BCUT2D eigenvalue weighted by Crippen LogP contribution is -2.09. The predicted molar refractivity (Wildman–Crippen MR) is 66.2 cm³/mol. The fourth-order valence-electron chi connectivity index (χ4n) is 1.87. The minimum absolute atomic E-state index is 0.168. The maximum absolute atomic E-state index is 11.2. The second-order valence-electron chi connectivity index (χ2n) is 3.98. The van der Waals surface area contributed by atoms with Crippen LogP contribution in [0.1, 0.15) is 0 Å². The molecule has 17 heavy (non-hydrogen) atoms. The van der Waals surface area contributed by atoms with Gasteiger partial charge in [0.15, 0.2) is 0 Å². The predicted octanol–water partition coefficient (Wildman–Crippen LogP) is 1.81. The molecule has 0 heterocycles. The molecule has 5 heteroatoms. The Morgan fingerprint density at radius 2 is 1.59 bits per heavy atom. The van der Waals surface area contributed by atoms with Crippen molar-refractivity contribution in [1.29, 1.82) is 0 Å². The Labute approximate surface area is 100 Å². The third-order valence-electron chi connectivity index (χ3n) is 2.61. The maximum Gasteiger partial charge on any atom is 0.125 e. The summed E-state index contributed by atoms with van der Waals surface area (Å²) < 4.78 is 33.5. The molecule has 2 rings (SSSR count). The van der Waals surface area contributed by atoms with E-state index in [9.17, 15) is 13.0 Å². The molecular weight excluding hydrogens is 238 g/mol. The largest absolute Gasteiger partial charge is 0.744 e. The maximum atomic E-state index is 11.2. The van der Waals surface area contributed by atoms with E-state index in [1.807, 2.05) is 25.1 Å². The van der Waals surface area contributed by atoms with Gasteiger partial charge in [0.05, 0.1) is 4.90 Å². The molecule has 2 aromatic carbocycles. The normalized spacial score (nSPS) is 11.7. The molecule has 0 radical (unpaired) electrons. The van der Waals surface area contributed by atoms with Gasteiger partial charge in [0.2, 0.25) is 0 Å². The van der Waals surface area contributed by atoms with E-state index >= 15 is 0 Å². The summed E-state index contributed by atoms with van der Waals surface area (Å²) in [4.78, 5) is 1.71. The molecule has 0 amide bonds. The quantitative estimate of drug-likeness (QED) is 0.763. The van der Waals surface area contributed by atoms with Crippen molar-refractivity contribution in [3.8, 4) is 0 Å². The third kappa shape index (κ3) is 2.11. The Morgan fingerprint density at radius 3 is 2.18 bits per heavy atom. The van der Waals surface area contributed by atoms with Crippen LogP contribution in [-0.4, -0.2) is 27.1 Å². The average Bonchev–Trinajstić information content (AvgIpc) is 2.26. The van der Waals surface area contributed by atoms with Crippen LogP contribution in [0.4, 0.5) is 5.69 Å². The molecule has 0 aliphatic heterocycles. The summed E-state index contributed by atoms with van der Waals surface area (Å²) in [7, 11) is -0.704. The highest BCUT2D eigenvalue weighted by atomic mass is 32.2. The van der Waals surface area contributed by atoms with Gasteiger partial charge in [-0.05, 0) is 12.1 Å². The number of hydrogen-bond acceptors (Lipinski definition) is 4. The molecule has 0 bridgehead atoms. The van der Waals surface area contributed by atoms with Gasteiger partial charge in [0.25, 0.3) is 0 Å². The zero-order valence-corrected chi connectivity index (χ0v) is 10.4. The average molecular weight is 250 g/mol. The van der Waals surface area contributed by atoms with Crippen LogP contribution in [0.3, 0.4) is 0 Å². The van der Waals surface area contributed by atoms with Crippen LogP contribution < -0.4 is 4.90 Å². The molecule has 0 saturated carbocycles. The smallest absolute Gasteiger partial charge is 0.125 e. The fraction of sp³-hybridized carbons (Fsp3) is 0.167. The van der Waals surface area contributed by atoms with E-state index in [2.05, 4.69) is 0 Å². The summed E-state index contributed by atoms with van der Waals surface area (Å²) >= 11 is 0. The van der Waals surface area contributed by atoms with Crippen LogP contribution in [0, 0.1) is 0 Å². The zero-order valence-electron chi connectivity index (χ0n) is 9.54. The Hall–Kier alpha value is -1.59. The van der Waals surface area contributed by atoms with Gasteiger partial charge in [-0.25, -0.2) is 8.42 Å². The molecule has 4 nitrogen and oxygen atoms in total. The molecule has 0 atom stereocenters. The minimum atomic E-state index is -4.44. The lowest BCUT2D eigenvalue weighted by molar-refractivity contribution is 0.464. The lowest BCUT2D eigenvalue weighted by atomic mass is 10.1. The molecule has 0 aliphatic carbocycles. The van der Waals surface area contributed by atoms with Crippen molar-refractivity contribution >= 4 is 26.6 Å². The number of fused-ring (bicyclic) bond motifs is 1. The number of rotatable bonds is 2. The summed E-state index contributed by atoms with van der Waals surface area (Å²) in [6.07, 6.45) is 0. The number of hydrogen-bond donors (Lipinski definition) is 0. The monoisotopic (exact) mass is 250 g/mol. The van der Waals surface area contributed by atoms with E-state index in [0.717, 1.165) is 11.1 Å². The van der Waals surface area contributed by atoms with Gasteiger partial charge < -0.3 is 9.45 Å². The van der Waals surface area contributed by atoms with Crippen molar-refractivity contribution in [3.63, 3.8) is 0 Å². The highest BCUT2D eigenvalue weighted by Gasteiger charge is 2.09.